The van der Waals surface area contributed by atoms with Gasteiger partial charge in [-0.2, -0.15) is 0 Å². The summed E-state index contributed by atoms with van der Waals surface area (Å²) >= 11 is 0. The Hall–Kier alpha value is -1.28. The average molecular weight is 216 g/mol. The van der Waals surface area contributed by atoms with Crippen LogP contribution in [-0.2, 0) is 6.54 Å². The van der Waals surface area contributed by atoms with Crippen LogP contribution < -0.4 is 5.73 Å². The van der Waals surface area contributed by atoms with E-state index in [1.807, 2.05) is 0 Å². The third-order valence-corrected chi connectivity index (χ3v) is 3.09. The van der Waals surface area contributed by atoms with E-state index >= 15 is 0 Å². The van der Waals surface area contributed by atoms with Crippen LogP contribution in [0.2, 0.25) is 0 Å². The normalized spacial score (nSPS) is 11.1. The van der Waals surface area contributed by atoms with Crippen molar-refractivity contribution < 1.29 is 0 Å². The molecule has 86 valence electrons. The van der Waals surface area contributed by atoms with Gasteiger partial charge in [0, 0.05) is 23.6 Å². The number of unbranched alkanes of at least 4 members (excludes halogenated alkanes) is 2. The summed E-state index contributed by atoms with van der Waals surface area (Å²) < 4.78 is 2.36. The Bertz CT molecular complexity index is 457. The van der Waals surface area contributed by atoms with Crippen LogP contribution in [-0.4, -0.2) is 11.1 Å². The van der Waals surface area contributed by atoms with Gasteiger partial charge in [-0.3, -0.25) is 0 Å². The van der Waals surface area contributed by atoms with Gasteiger partial charge >= 0.3 is 0 Å². The number of hydrogen-bond acceptors (Lipinski definition) is 1. The Balaban J connectivity index is 2.12. The number of rotatable bonds is 5. The van der Waals surface area contributed by atoms with E-state index in [1.54, 1.807) is 0 Å². The molecule has 2 rings (SSSR count). The molecule has 2 nitrogen and oxygen atoms in total. The number of para-hydroxylation sites is 1. The minimum Gasteiger partial charge on any atom is -0.347 e. The maximum absolute atomic E-state index is 5.50. The quantitative estimate of drug-likeness (QED) is 0.765. The first-order valence-corrected chi connectivity index (χ1v) is 6.07. The van der Waals surface area contributed by atoms with Gasteiger partial charge in [-0.25, -0.2) is 0 Å². The molecule has 16 heavy (non-hydrogen) atoms. The lowest BCUT2D eigenvalue weighted by Crippen LogP contribution is -2.00. The molecule has 1 heterocycles. The van der Waals surface area contributed by atoms with Crippen LogP contribution in [0.4, 0.5) is 0 Å². The lowest BCUT2D eigenvalue weighted by molar-refractivity contribution is 0.603. The molecule has 0 atom stereocenters. The smallest absolute Gasteiger partial charge is 0.0483 e. The molecule has 0 saturated heterocycles. The van der Waals surface area contributed by atoms with Gasteiger partial charge in [0.15, 0.2) is 0 Å². The molecule has 0 aliphatic heterocycles. The summed E-state index contributed by atoms with van der Waals surface area (Å²) in [6.45, 7) is 4.10. The van der Waals surface area contributed by atoms with Crippen LogP contribution in [0, 0.1) is 6.92 Å². The molecule has 0 spiro atoms. The van der Waals surface area contributed by atoms with E-state index in [1.165, 1.54) is 29.3 Å². The second kappa shape index (κ2) is 5.17. The minimum atomic E-state index is 0.811. The fourth-order valence-corrected chi connectivity index (χ4v) is 2.22. The zero-order valence-corrected chi connectivity index (χ0v) is 9.95. The van der Waals surface area contributed by atoms with Gasteiger partial charge in [0.2, 0.25) is 0 Å². The van der Waals surface area contributed by atoms with Gasteiger partial charge in [-0.1, -0.05) is 24.6 Å². The fraction of sp³-hybridized carbons (Fsp3) is 0.429. The topological polar surface area (TPSA) is 30.9 Å². The number of hydrogen-bond donors (Lipinski definition) is 1. The van der Waals surface area contributed by atoms with Crippen LogP contribution in [0.5, 0.6) is 0 Å². The zero-order chi connectivity index (χ0) is 11.4. The van der Waals surface area contributed by atoms with Gasteiger partial charge < -0.3 is 10.3 Å². The van der Waals surface area contributed by atoms with E-state index in [0.717, 1.165) is 19.5 Å². The summed E-state index contributed by atoms with van der Waals surface area (Å²) in [7, 11) is 0. The summed E-state index contributed by atoms with van der Waals surface area (Å²) in [5.41, 5.74) is 8.22. The Kier molecular flexibility index (Phi) is 3.62. The fourth-order valence-electron chi connectivity index (χ4n) is 2.22. The molecule has 2 heteroatoms. The predicted octanol–water partition coefficient (Wildman–Crippen LogP) is 3.08. The van der Waals surface area contributed by atoms with E-state index < -0.39 is 0 Å². The standard InChI is InChI=1S/C14H20N2/c1-12-11-16(10-6-2-5-9-15)14-8-4-3-7-13(12)14/h3-4,7-8,11H,2,5-6,9-10,15H2,1H3. The summed E-state index contributed by atoms with van der Waals surface area (Å²) in [6.07, 6.45) is 5.84. The predicted molar refractivity (Wildman–Crippen MR) is 69.6 cm³/mol. The van der Waals surface area contributed by atoms with Crippen molar-refractivity contribution in [1.82, 2.24) is 4.57 Å². The third kappa shape index (κ3) is 2.27. The Morgan fingerprint density at radius 2 is 1.94 bits per heavy atom. The minimum absolute atomic E-state index is 0.811. The van der Waals surface area contributed by atoms with Gasteiger partial charge in [0.25, 0.3) is 0 Å². The van der Waals surface area contributed by atoms with Crippen molar-refractivity contribution in [2.45, 2.75) is 32.7 Å². The molecule has 0 amide bonds. The number of aryl methyl sites for hydroxylation is 2. The van der Waals surface area contributed by atoms with Gasteiger partial charge in [-0.15, -0.1) is 0 Å². The number of aromatic nitrogens is 1. The molecule has 0 fully saturated rings. The average Bonchev–Trinajstić information content (AvgIpc) is 2.63. The number of benzene rings is 1. The highest BCUT2D eigenvalue weighted by Crippen LogP contribution is 2.20. The van der Waals surface area contributed by atoms with Crippen molar-refractivity contribution in [3.63, 3.8) is 0 Å². The lowest BCUT2D eigenvalue weighted by atomic mass is 10.2. The molecule has 0 aliphatic rings. The molecule has 0 aliphatic carbocycles. The molecule has 0 unspecified atom stereocenters. The van der Waals surface area contributed by atoms with Crippen LogP contribution in [0.25, 0.3) is 10.9 Å². The molecule has 1 aromatic carbocycles. The number of nitrogens with two attached hydrogens (primary N) is 1. The van der Waals surface area contributed by atoms with Crippen LogP contribution >= 0.6 is 0 Å². The summed E-state index contributed by atoms with van der Waals surface area (Å²) in [6, 6.07) is 8.61. The maximum Gasteiger partial charge on any atom is 0.0483 e. The highest BCUT2D eigenvalue weighted by Gasteiger charge is 2.03. The Morgan fingerprint density at radius 3 is 2.75 bits per heavy atom. The molecule has 0 saturated carbocycles. The summed E-state index contributed by atoms with van der Waals surface area (Å²) in [4.78, 5) is 0. The second-order valence-corrected chi connectivity index (χ2v) is 4.37. The summed E-state index contributed by atoms with van der Waals surface area (Å²) in [5, 5.41) is 1.38. The number of fused-ring (bicyclic) bond motifs is 1. The van der Waals surface area contributed by atoms with E-state index in [2.05, 4.69) is 42.0 Å². The number of nitrogens with zero attached hydrogens (tertiary/aromatic N) is 1. The van der Waals surface area contributed by atoms with Crippen LogP contribution in [0.15, 0.2) is 30.5 Å². The molecule has 0 radical (unpaired) electrons. The first-order chi connectivity index (χ1) is 7.83. The molecule has 1 aromatic heterocycles. The van der Waals surface area contributed by atoms with Crippen LogP contribution in [0.1, 0.15) is 24.8 Å². The van der Waals surface area contributed by atoms with Gasteiger partial charge in [0.1, 0.15) is 0 Å². The van der Waals surface area contributed by atoms with Crippen molar-refractivity contribution in [2.75, 3.05) is 6.54 Å². The van der Waals surface area contributed by atoms with Crippen molar-refractivity contribution >= 4 is 10.9 Å². The zero-order valence-electron chi connectivity index (χ0n) is 9.95. The largest absolute Gasteiger partial charge is 0.347 e. The first kappa shape index (κ1) is 11.2. The van der Waals surface area contributed by atoms with Gasteiger partial charge in [-0.05, 0) is 37.9 Å². The van der Waals surface area contributed by atoms with Crippen LogP contribution in [0.3, 0.4) is 0 Å². The second-order valence-electron chi connectivity index (χ2n) is 4.37. The Labute approximate surface area is 97.1 Å². The third-order valence-electron chi connectivity index (χ3n) is 3.09. The maximum atomic E-state index is 5.50. The highest BCUT2D eigenvalue weighted by atomic mass is 15.0. The van der Waals surface area contributed by atoms with Crippen molar-refractivity contribution in [3.05, 3.63) is 36.0 Å². The SMILES string of the molecule is Cc1cn(CCCCCN)c2ccccc12. The molecule has 0 bridgehead atoms. The monoisotopic (exact) mass is 216 g/mol. The van der Waals surface area contributed by atoms with Crippen molar-refractivity contribution in [2.24, 2.45) is 5.73 Å². The lowest BCUT2D eigenvalue weighted by Gasteiger charge is -2.04. The molecule has 2 N–H and O–H groups in total. The van der Waals surface area contributed by atoms with Gasteiger partial charge in [0.05, 0.1) is 0 Å². The van der Waals surface area contributed by atoms with E-state index in [0.29, 0.717) is 0 Å². The van der Waals surface area contributed by atoms with Crippen molar-refractivity contribution in [3.8, 4) is 0 Å². The highest BCUT2D eigenvalue weighted by molar-refractivity contribution is 5.83. The van der Waals surface area contributed by atoms with E-state index in [-0.39, 0.29) is 0 Å². The Morgan fingerprint density at radius 1 is 1.12 bits per heavy atom. The van der Waals surface area contributed by atoms with E-state index in [9.17, 15) is 0 Å². The summed E-state index contributed by atoms with van der Waals surface area (Å²) in [5.74, 6) is 0. The molecular weight excluding hydrogens is 196 g/mol. The van der Waals surface area contributed by atoms with Crippen molar-refractivity contribution in [1.29, 1.82) is 0 Å². The molecular formula is C14H20N2. The van der Waals surface area contributed by atoms with E-state index in [4.69, 9.17) is 5.73 Å². The first-order valence-electron chi connectivity index (χ1n) is 6.07. The molecule has 2 aromatic rings.